The van der Waals surface area contributed by atoms with Gasteiger partial charge in [0.25, 0.3) is 5.91 Å². The SMILES string of the molecule is O=C(COc1ccccc1Br)N1CCCC1c1cccs1. The van der Waals surface area contributed by atoms with Gasteiger partial charge in [0.1, 0.15) is 5.75 Å². The van der Waals surface area contributed by atoms with E-state index in [0.717, 1.165) is 23.9 Å². The first-order valence-corrected chi connectivity index (χ1v) is 8.63. The molecule has 1 atom stereocenters. The standard InChI is InChI=1S/C16H16BrNO2S/c17-12-5-1-2-7-14(12)20-11-16(19)18-9-3-6-13(18)15-8-4-10-21-15/h1-2,4-5,7-8,10,13H,3,6,9,11H2. The van der Waals surface area contributed by atoms with Crippen LogP contribution >= 0.6 is 27.3 Å². The van der Waals surface area contributed by atoms with Crippen LogP contribution in [0.2, 0.25) is 0 Å². The normalized spacial score (nSPS) is 18.0. The third-order valence-electron chi connectivity index (χ3n) is 3.63. The Bertz CT molecular complexity index is 614. The number of para-hydroxylation sites is 1. The molecular formula is C16H16BrNO2S. The van der Waals surface area contributed by atoms with Crippen molar-refractivity contribution in [2.24, 2.45) is 0 Å². The van der Waals surface area contributed by atoms with Crippen LogP contribution in [0.3, 0.4) is 0 Å². The number of halogens is 1. The maximum Gasteiger partial charge on any atom is 0.261 e. The third kappa shape index (κ3) is 3.30. The van der Waals surface area contributed by atoms with Crippen LogP contribution in [0.5, 0.6) is 5.75 Å². The van der Waals surface area contributed by atoms with Crippen molar-refractivity contribution in [3.63, 3.8) is 0 Å². The van der Waals surface area contributed by atoms with E-state index in [9.17, 15) is 4.79 Å². The number of likely N-dealkylation sites (tertiary alicyclic amines) is 1. The largest absolute Gasteiger partial charge is 0.483 e. The molecule has 0 bridgehead atoms. The van der Waals surface area contributed by atoms with Crippen LogP contribution in [0.1, 0.15) is 23.8 Å². The molecule has 0 spiro atoms. The number of hydrogen-bond donors (Lipinski definition) is 0. The van der Waals surface area contributed by atoms with Crippen molar-refractivity contribution < 1.29 is 9.53 Å². The van der Waals surface area contributed by atoms with Crippen molar-refractivity contribution >= 4 is 33.2 Å². The highest BCUT2D eigenvalue weighted by atomic mass is 79.9. The molecule has 3 nitrogen and oxygen atoms in total. The summed E-state index contributed by atoms with van der Waals surface area (Å²) in [7, 11) is 0. The van der Waals surface area contributed by atoms with Crippen LogP contribution in [0.25, 0.3) is 0 Å². The summed E-state index contributed by atoms with van der Waals surface area (Å²) in [6.07, 6.45) is 2.10. The second kappa shape index (κ2) is 6.62. The minimum Gasteiger partial charge on any atom is -0.483 e. The Morgan fingerprint density at radius 1 is 1.33 bits per heavy atom. The van der Waals surface area contributed by atoms with Gasteiger partial charge in [0, 0.05) is 11.4 Å². The molecule has 2 aromatic rings. The highest BCUT2D eigenvalue weighted by Crippen LogP contribution is 2.34. The molecule has 110 valence electrons. The molecule has 1 amide bonds. The number of benzene rings is 1. The first-order valence-electron chi connectivity index (χ1n) is 6.96. The van der Waals surface area contributed by atoms with Gasteiger partial charge in [0.15, 0.2) is 6.61 Å². The molecule has 3 rings (SSSR count). The molecule has 1 unspecified atom stereocenters. The predicted molar refractivity (Wildman–Crippen MR) is 87.6 cm³/mol. The van der Waals surface area contributed by atoms with Crippen molar-refractivity contribution in [3.05, 3.63) is 51.1 Å². The molecule has 21 heavy (non-hydrogen) atoms. The average Bonchev–Trinajstić information content (AvgIpc) is 3.16. The fourth-order valence-electron chi connectivity index (χ4n) is 2.63. The third-order valence-corrected chi connectivity index (χ3v) is 5.26. The van der Waals surface area contributed by atoms with E-state index in [-0.39, 0.29) is 18.6 Å². The molecular weight excluding hydrogens is 350 g/mol. The number of nitrogens with zero attached hydrogens (tertiary/aromatic N) is 1. The first-order chi connectivity index (χ1) is 10.3. The summed E-state index contributed by atoms with van der Waals surface area (Å²) in [5.74, 6) is 0.763. The molecule has 1 aliphatic heterocycles. The zero-order valence-corrected chi connectivity index (χ0v) is 13.9. The van der Waals surface area contributed by atoms with E-state index in [4.69, 9.17) is 4.74 Å². The van der Waals surface area contributed by atoms with E-state index in [1.54, 1.807) is 11.3 Å². The molecule has 1 saturated heterocycles. The van der Waals surface area contributed by atoms with E-state index in [2.05, 4.69) is 27.4 Å². The summed E-state index contributed by atoms with van der Waals surface area (Å²) in [4.78, 5) is 15.6. The molecule has 1 aliphatic rings. The summed E-state index contributed by atoms with van der Waals surface area (Å²) in [5.41, 5.74) is 0. The van der Waals surface area contributed by atoms with Gasteiger partial charge in [0.05, 0.1) is 10.5 Å². The minimum absolute atomic E-state index is 0.0571. The lowest BCUT2D eigenvalue weighted by Gasteiger charge is -2.24. The van der Waals surface area contributed by atoms with Gasteiger partial charge in [-0.05, 0) is 52.4 Å². The highest BCUT2D eigenvalue weighted by molar-refractivity contribution is 9.10. The Balaban J connectivity index is 1.64. The molecule has 0 saturated carbocycles. The number of hydrogen-bond acceptors (Lipinski definition) is 3. The predicted octanol–water partition coefficient (Wildman–Crippen LogP) is 4.25. The van der Waals surface area contributed by atoms with Gasteiger partial charge < -0.3 is 9.64 Å². The molecule has 1 aromatic heterocycles. The second-order valence-corrected chi connectivity index (χ2v) is 6.81. The highest BCUT2D eigenvalue weighted by Gasteiger charge is 2.30. The topological polar surface area (TPSA) is 29.5 Å². The molecule has 0 aliphatic carbocycles. The minimum atomic E-state index is 0.0571. The quantitative estimate of drug-likeness (QED) is 0.810. The van der Waals surface area contributed by atoms with Gasteiger partial charge in [-0.3, -0.25) is 4.79 Å². The summed E-state index contributed by atoms with van der Waals surface area (Å²) in [6, 6.07) is 12.0. The number of rotatable bonds is 4. The summed E-state index contributed by atoms with van der Waals surface area (Å²) >= 11 is 5.14. The summed E-state index contributed by atoms with van der Waals surface area (Å²) in [5, 5.41) is 2.06. The average molecular weight is 366 g/mol. The maximum absolute atomic E-state index is 12.4. The Kier molecular flexibility index (Phi) is 4.60. The number of carbonyl (C=O) groups excluding carboxylic acids is 1. The van der Waals surface area contributed by atoms with E-state index in [0.29, 0.717) is 5.75 Å². The van der Waals surface area contributed by atoms with Crippen molar-refractivity contribution in [1.82, 2.24) is 4.90 Å². The Morgan fingerprint density at radius 2 is 2.19 bits per heavy atom. The van der Waals surface area contributed by atoms with Gasteiger partial charge in [-0.25, -0.2) is 0 Å². The number of ether oxygens (including phenoxy) is 1. The van der Waals surface area contributed by atoms with E-state index in [1.807, 2.05) is 35.2 Å². The van der Waals surface area contributed by atoms with E-state index < -0.39 is 0 Å². The van der Waals surface area contributed by atoms with Crippen LogP contribution < -0.4 is 4.74 Å². The molecule has 0 radical (unpaired) electrons. The summed E-state index contributed by atoms with van der Waals surface area (Å²) in [6.45, 7) is 0.908. The van der Waals surface area contributed by atoms with Crippen LogP contribution in [0.15, 0.2) is 46.3 Å². The zero-order valence-electron chi connectivity index (χ0n) is 11.5. The van der Waals surface area contributed by atoms with Gasteiger partial charge in [-0.2, -0.15) is 0 Å². The fraction of sp³-hybridized carbons (Fsp3) is 0.312. The first kappa shape index (κ1) is 14.6. The fourth-order valence-corrected chi connectivity index (χ4v) is 3.90. The van der Waals surface area contributed by atoms with E-state index >= 15 is 0 Å². The van der Waals surface area contributed by atoms with Crippen LogP contribution in [0.4, 0.5) is 0 Å². The molecule has 1 aromatic carbocycles. The molecule has 0 N–H and O–H groups in total. The second-order valence-electron chi connectivity index (χ2n) is 4.98. The smallest absolute Gasteiger partial charge is 0.261 e. The van der Waals surface area contributed by atoms with Gasteiger partial charge in [-0.1, -0.05) is 18.2 Å². The van der Waals surface area contributed by atoms with Gasteiger partial charge >= 0.3 is 0 Å². The monoisotopic (exact) mass is 365 g/mol. The lowest BCUT2D eigenvalue weighted by Crippen LogP contribution is -2.34. The number of carbonyl (C=O) groups is 1. The molecule has 5 heteroatoms. The summed E-state index contributed by atoms with van der Waals surface area (Å²) < 4.78 is 6.51. The van der Waals surface area contributed by atoms with Crippen molar-refractivity contribution in [3.8, 4) is 5.75 Å². The van der Waals surface area contributed by atoms with Crippen molar-refractivity contribution in [1.29, 1.82) is 0 Å². The number of amides is 1. The Hall–Kier alpha value is -1.33. The van der Waals surface area contributed by atoms with Crippen LogP contribution in [-0.4, -0.2) is 24.0 Å². The lowest BCUT2D eigenvalue weighted by atomic mass is 10.2. The Labute approximate surface area is 136 Å². The van der Waals surface area contributed by atoms with Crippen molar-refractivity contribution in [2.75, 3.05) is 13.2 Å². The lowest BCUT2D eigenvalue weighted by molar-refractivity contribution is -0.134. The zero-order chi connectivity index (χ0) is 14.7. The Morgan fingerprint density at radius 3 is 2.95 bits per heavy atom. The maximum atomic E-state index is 12.4. The van der Waals surface area contributed by atoms with Gasteiger partial charge in [-0.15, -0.1) is 11.3 Å². The van der Waals surface area contributed by atoms with Gasteiger partial charge in [0.2, 0.25) is 0 Å². The van der Waals surface area contributed by atoms with Crippen LogP contribution in [0, 0.1) is 0 Å². The van der Waals surface area contributed by atoms with Crippen molar-refractivity contribution in [2.45, 2.75) is 18.9 Å². The van der Waals surface area contributed by atoms with E-state index in [1.165, 1.54) is 4.88 Å². The molecule has 2 heterocycles. The molecule has 1 fully saturated rings. The number of thiophene rings is 1. The van der Waals surface area contributed by atoms with Crippen LogP contribution in [-0.2, 0) is 4.79 Å².